The van der Waals surface area contributed by atoms with Crippen molar-refractivity contribution in [3.05, 3.63) is 83.7 Å². The highest BCUT2D eigenvalue weighted by molar-refractivity contribution is 5.33. The van der Waals surface area contributed by atoms with Gasteiger partial charge in [-0.1, -0.05) is 24.3 Å². The highest BCUT2D eigenvalue weighted by Crippen LogP contribution is 2.27. The van der Waals surface area contributed by atoms with E-state index in [1.54, 1.807) is 30.5 Å². The summed E-state index contributed by atoms with van der Waals surface area (Å²) < 4.78 is 26.2. The molecule has 0 heterocycles. The maximum atomic E-state index is 13.1. The molecule has 21 heavy (non-hydrogen) atoms. The SMILES string of the molecule is C=N/C=C\N(N)C(c1ccc(F)cc1)c1ccc(F)cc1. The van der Waals surface area contributed by atoms with Gasteiger partial charge < -0.3 is 5.01 Å². The van der Waals surface area contributed by atoms with Gasteiger partial charge in [0.1, 0.15) is 11.6 Å². The second-order valence-electron chi connectivity index (χ2n) is 4.43. The Labute approximate surface area is 122 Å². The summed E-state index contributed by atoms with van der Waals surface area (Å²) >= 11 is 0. The van der Waals surface area contributed by atoms with Crippen LogP contribution >= 0.6 is 0 Å². The van der Waals surface area contributed by atoms with Crippen molar-refractivity contribution in [2.45, 2.75) is 6.04 Å². The van der Waals surface area contributed by atoms with E-state index in [0.29, 0.717) is 0 Å². The number of hydrogen-bond donors (Lipinski definition) is 1. The molecule has 0 spiro atoms. The normalized spacial score (nSPS) is 11.0. The van der Waals surface area contributed by atoms with Gasteiger partial charge in [-0.05, 0) is 42.1 Å². The number of rotatable bonds is 5. The first-order valence-electron chi connectivity index (χ1n) is 6.28. The summed E-state index contributed by atoms with van der Waals surface area (Å²) in [6.45, 7) is 3.34. The van der Waals surface area contributed by atoms with Crippen LogP contribution in [0.3, 0.4) is 0 Å². The van der Waals surface area contributed by atoms with E-state index in [9.17, 15) is 8.78 Å². The van der Waals surface area contributed by atoms with Crippen LogP contribution in [0.25, 0.3) is 0 Å². The highest BCUT2D eigenvalue weighted by Gasteiger charge is 2.18. The Balaban J connectivity index is 2.42. The van der Waals surface area contributed by atoms with E-state index in [2.05, 4.69) is 11.7 Å². The number of nitrogens with zero attached hydrogens (tertiary/aromatic N) is 2. The standard InChI is InChI=1S/C16H15F2N3/c1-20-10-11-21(19)16(12-2-6-14(17)7-3-12)13-4-8-15(18)9-5-13/h2-11,16H,1,19H2/b11-10-. The molecule has 2 N–H and O–H groups in total. The largest absolute Gasteiger partial charge is 0.305 e. The van der Waals surface area contributed by atoms with Crippen molar-refractivity contribution in [3.63, 3.8) is 0 Å². The molecule has 0 unspecified atom stereocenters. The van der Waals surface area contributed by atoms with Gasteiger partial charge in [0.15, 0.2) is 0 Å². The van der Waals surface area contributed by atoms with Crippen LogP contribution in [0.1, 0.15) is 17.2 Å². The third kappa shape index (κ3) is 3.73. The van der Waals surface area contributed by atoms with Gasteiger partial charge in [-0.25, -0.2) is 14.6 Å². The number of nitrogens with two attached hydrogens (primary N) is 1. The van der Waals surface area contributed by atoms with Crippen LogP contribution in [-0.4, -0.2) is 11.7 Å². The predicted molar refractivity (Wildman–Crippen MR) is 79.4 cm³/mol. The minimum atomic E-state index is -0.385. The first kappa shape index (κ1) is 14.9. The van der Waals surface area contributed by atoms with Gasteiger partial charge in [-0.2, -0.15) is 0 Å². The lowest BCUT2D eigenvalue weighted by Gasteiger charge is -2.27. The lowest BCUT2D eigenvalue weighted by molar-refractivity contribution is 0.328. The van der Waals surface area contributed by atoms with Crippen LogP contribution in [-0.2, 0) is 0 Å². The zero-order chi connectivity index (χ0) is 15.2. The zero-order valence-corrected chi connectivity index (χ0v) is 11.3. The first-order valence-corrected chi connectivity index (χ1v) is 6.28. The zero-order valence-electron chi connectivity index (χ0n) is 11.3. The van der Waals surface area contributed by atoms with Gasteiger partial charge in [-0.15, -0.1) is 0 Å². The molecule has 0 radical (unpaired) electrons. The third-order valence-electron chi connectivity index (χ3n) is 3.01. The van der Waals surface area contributed by atoms with Crippen molar-refractivity contribution in [1.82, 2.24) is 5.01 Å². The molecule has 0 fully saturated rings. The quantitative estimate of drug-likeness (QED) is 0.520. The van der Waals surface area contributed by atoms with Gasteiger partial charge in [0.25, 0.3) is 0 Å². The molecule has 0 amide bonds. The van der Waals surface area contributed by atoms with E-state index in [0.717, 1.165) is 11.1 Å². The lowest BCUT2D eigenvalue weighted by Crippen LogP contribution is -2.31. The summed E-state index contributed by atoms with van der Waals surface area (Å²) in [6.07, 6.45) is 2.99. The number of benzene rings is 2. The van der Waals surface area contributed by atoms with E-state index < -0.39 is 0 Å². The van der Waals surface area contributed by atoms with E-state index in [1.165, 1.54) is 35.5 Å². The fourth-order valence-electron chi connectivity index (χ4n) is 2.04. The van der Waals surface area contributed by atoms with Gasteiger partial charge >= 0.3 is 0 Å². The summed E-state index contributed by atoms with van der Waals surface area (Å²) in [7, 11) is 0. The van der Waals surface area contributed by atoms with Crippen molar-refractivity contribution in [3.8, 4) is 0 Å². The van der Waals surface area contributed by atoms with Crippen LogP contribution in [0.2, 0.25) is 0 Å². The van der Waals surface area contributed by atoms with E-state index in [-0.39, 0.29) is 17.7 Å². The van der Waals surface area contributed by atoms with Crippen LogP contribution in [0.4, 0.5) is 8.78 Å². The van der Waals surface area contributed by atoms with Crippen LogP contribution in [0.15, 0.2) is 65.9 Å². The fraction of sp³-hybridized carbons (Fsp3) is 0.0625. The molecular formula is C16H15F2N3. The molecule has 0 aromatic heterocycles. The Morgan fingerprint density at radius 2 is 1.38 bits per heavy atom. The Kier molecular flexibility index (Phi) is 4.79. The van der Waals surface area contributed by atoms with Gasteiger partial charge in [0, 0.05) is 12.4 Å². The molecule has 0 aliphatic rings. The van der Waals surface area contributed by atoms with E-state index in [4.69, 9.17) is 5.84 Å². The molecular weight excluding hydrogens is 272 g/mol. The molecule has 0 aliphatic heterocycles. The van der Waals surface area contributed by atoms with Crippen molar-refractivity contribution >= 4 is 6.72 Å². The summed E-state index contributed by atoms with van der Waals surface area (Å²) in [4.78, 5) is 3.60. The number of hydrazine groups is 1. The second-order valence-corrected chi connectivity index (χ2v) is 4.43. The number of halogens is 2. The Hall–Kier alpha value is -2.53. The molecule has 108 valence electrons. The summed E-state index contributed by atoms with van der Waals surface area (Å²) in [5, 5.41) is 1.41. The maximum Gasteiger partial charge on any atom is 0.123 e. The Morgan fingerprint density at radius 3 is 1.76 bits per heavy atom. The molecule has 0 aliphatic carbocycles. The average molecular weight is 287 g/mol. The topological polar surface area (TPSA) is 41.6 Å². The lowest BCUT2D eigenvalue weighted by atomic mass is 9.98. The van der Waals surface area contributed by atoms with Gasteiger partial charge in [0.05, 0.1) is 6.04 Å². The molecule has 0 bridgehead atoms. The Morgan fingerprint density at radius 1 is 0.952 bits per heavy atom. The van der Waals surface area contributed by atoms with Crippen molar-refractivity contribution in [2.24, 2.45) is 10.8 Å². The van der Waals surface area contributed by atoms with Gasteiger partial charge in [0.2, 0.25) is 0 Å². The fourth-order valence-corrected chi connectivity index (χ4v) is 2.04. The maximum absolute atomic E-state index is 13.1. The van der Waals surface area contributed by atoms with E-state index >= 15 is 0 Å². The minimum absolute atomic E-state index is 0.330. The molecule has 2 rings (SSSR count). The molecule has 0 saturated carbocycles. The summed E-state index contributed by atoms with van der Waals surface area (Å²) in [6, 6.07) is 11.6. The summed E-state index contributed by atoms with van der Waals surface area (Å²) in [5.74, 6) is 5.36. The minimum Gasteiger partial charge on any atom is -0.305 e. The van der Waals surface area contributed by atoms with E-state index in [1.807, 2.05) is 0 Å². The second kappa shape index (κ2) is 6.76. The van der Waals surface area contributed by atoms with Crippen molar-refractivity contribution in [1.29, 1.82) is 0 Å². The molecule has 2 aromatic carbocycles. The molecule has 0 atom stereocenters. The number of hydrogen-bond acceptors (Lipinski definition) is 3. The monoisotopic (exact) mass is 287 g/mol. The molecule has 3 nitrogen and oxygen atoms in total. The van der Waals surface area contributed by atoms with Crippen LogP contribution in [0, 0.1) is 11.6 Å². The van der Waals surface area contributed by atoms with Crippen LogP contribution in [0.5, 0.6) is 0 Å². The van der Waals surface area contributed by atoms with Gasteiger partial charge in [-0.3, -0.25) is 4.99 Å². The smallest absolute Gasteiger partial charge is 0.123 e. The molecule has 0 saturated heterocycles. The first-order chi connectivity index (χ1) is 10.1. The average Bonchev–Trinajstić information content (AvgIpc) is 2.49. The predicted octanol–water partition coefficient (Wildman–Crippen LogP) is 3.40. The highest BCUT2D eigenvalue weighted by atomic mass is 19.1. The van der Waals surface area contributed by atoms with Crippen molar-refractivity contribution < 1.29 is 8.78 Å². The number of aliphatic imine (C=N–C) groups is 1. The molecule has 2 aromatic rings. The summed E-state index contributed by atoms with van der Waals surface area (Å²) in [5.41, 5.74) is 1.55. The Bertz CT molecular complexity index is 575. The molecule has 5 heteroatoms. The van der Waals surface area contributed by atoms with Crippen molar-refractivity contribution in [2.75, 3.05) is 0 Å². The van der Waals surface area contributed by atoms with Crippen LogP contribution < -0.4 is 5.84 Å². The third-order valence-corrected chi connectivity index (χ3v) is 3.01.